The zero-order chi connectivity index (χ0) is 13.6. The van der Waals surface area contributed by atoms with Crippen LogP contribution in [0.25, 0.3) is 0 Å². The van der Waals surface area contributed by atoms with Crippen LogP contribution < -0.4 is 10.6 Å². The van der Waals surface area contributed by atoms with Crippen LogP contribution in [0.5, 0.6) is 0 Å². The predicted octanol–water partition coefficient (Wildman–Crippen LogP) is 2.42. The first-order chi connectivity index (χ1) is 8.45. The molecule has 0 aliphatic heterocycles. The van der Waals surface area contributed by atoms with E-state index in [1.165, 1.54) is 11.1 Å². The van der Waals surface area contributed by atoms with Crippen molar-refractivity contribution in [3.63, 3.8) is 0 Å². The number of nitrogens with one attached hydrogen (secondary N) is 2. The molecular formula is C15H25ClN2O. The highest BCUT2D eigenvalue weighted by Crippen LogP contribution is 2.22. The summed E-state index contributed by atoms with van der Waals surface area (Å²) in [6, 6.07) is 8.49. The highest BCUT2D eigenvalue weighted by molar-refractivity contribution is 5.85. The van der Waals surface area contributed by atoms with Crippen LogP contribution in [0.4, 0.5) is 0 Å². The predicted molar refractivity (Wildman–Crippen MR) is 83.0 cm³/mol. The standard InChI is InChI=1S/C15H24N2O.ClH/c1-12-5-7-13(8-6-12)15(2,3)11-17-14(18)9-10-16-4;/h5-8,16H,9-11H2,1-4H3,(H,17,18);1H. The van der Waals surface area contributed by atoms with E-state index in [1.807, 2.05) is 7.05 Å². The van der Waals surface area contributed by atoms with E-state index >= 15 is 0 Å². The van der Waals surface area contributed by atoms with Crippen LogP contribution in [0.3, 0.4) is 0 Å². The Morgan fingerprint density at radius 1 is 1.21 bits per heavy atom. The van der Waals surface area contributed by atoms with Crippen molar-refractivity contribution in [2.24, 2.45) is 0 Å². The lowest BCUT2D eigenvalue weighted by Gasteiger charge is -2.26. The van der Waals surface area contributed by atoms with Crippen molar-refractivity contribution in [1.29, 1.82) is 0 Å². The van der Waals surface area contributed by atoms with Crippen LogP contribution in [-0.4, -0.2) is 26.0 Å². The topological polar surface area (TPSA) is 41.1 Å². The van der Waals surface area contributed by atoms with Gasteiger partial charge in [0.25, 0.3) is 0 Å². The number of aryl methyl sites for hydroxylation is 1. The van der Waals surface area contributed by atoms with Crippen LogP contribution in [0.1, 0.15) is 31.4 Å². The SMILES string of the molecule is CNCCC(=O)NCC(C)(C)c1ccc(C)cc1.Cl. The lowest BCUT2D eigenvalue weighted by atomic mass is 9.84. The van der Waals surface area contributed by atoms with Gasteiger partial charge in [0, 0.05) is 24.9 Å². The van der Waals surface area contributed by atoms with Crippen molar-refractivity contribution in [2.45, 2.75) is 32.6 Å². The minimum atomic E-state index is -0.0387. The van der Waals surface area contributed by atoms with E-state index in [9.17, 15) is 4.79 Å². The van der Waals surface area contributed by atoms with Gasteiger partial charge >= 0.3 is 0 Å². The Bertz CT molecular complexity index is 388. The molecule has 0 radical (unpaired) electrons. The summed E-state index contributed by atoms with van der Waals surface area (Å²) in [5.41, 5.74) is 2.47. The van der Waals surface area contributed by atoms with Gasteiger partial charge in [0.05, 0.1) is 0 Å². The average molecular weight is 285 g/mol. The molecule has 0 heterocycles. The van der Waals surface area contributed by atoms with E-state index in [4.69, 9.17) is 0 Å². The number of carbonyl (C=O) groups excluding carboxylic acids is 1. The fourth-order valence-electron chi connectivity index (χ4n) is 1.75. The molecule has 0 aliphatic rings. The maximum atomic E-state index is 11.6. The Hall–Kier alpha value is -1.06. The molecule has 1 aromatic rings. The quantitative estimate of drug-likeness (QED) is 0.842. The maximum Gasteiger partial charge on any atom is 0.221 e. The molecule has 0 atom stereocenters. The summed E-state index contributed by atoms with van der Waals surface area (Å²) in [5, 5.41) is 5.96. The number of hydrogen-bond donors (Lipinski definition) is 2. The number of hydrogen-bond acceptors (Lipinski definition) is 2. The normalized spacial score (nSPS) is 10.7. The van der Waals surface area contributed by atoms with Crippen molar-refractivity contribution in [2.75, 3.05) is 20.1 Å². The summed E-state index contributed by atoms with van der Waals surface area (Å²) in [6.07, 6.45) is 0.528. The van der Waals surface area contributed by atoms with Gasteiger partial charge in [0.15, 0.2) is 0 Å². The van der Waals surface area contributed by atoms with Crippen LogP contribution >= 0.6 is 12.4 Å². The zero-order valence-electron chi connectivity index (χ0n) is 12.2. The second-order valence-corrected chi connectivity index (χ2v) is 5.38. The molecule has 4 heteroatoms. The van der Waals surface area contributed by atoms with Crippen molar-refractivity contribution < 1.29 is 4.79 Å². The minimum Gasteiger partial charge on any atom is -0.355 e. The summed E-state index contributed by atoms with van der Waals surface area (Å²) in [6.45, 7) is 7.76. The van der Waals surface area contributed by atoms with Gasteiger partial charge in [-0.1, -0.05) is 43.7 Å². The molecule has 19 heavy (non-hydrogen) atoms. The van der Waals surface area contributed by atoms with Crippen molar-refractivity contribution >= 4 is 18.3 Å². The first-order valence-electron chi connectivity index (χ1n) is 6.44. The molecule has 0 fully saturated rings. The zero-order valence-corrected chi connectivity index (χ0v) is 13.1. The Morgan fingerprint density at radius 3 is 2.32 bits per heavy atom. The van der Waals surface area contributed by atoms with Gasteiger partial charge in [-0.25, -0.2) is 0 Å². The molecule has 1 rings (SSSR count). The Balaban J connectivity index is 0.00000324. The van der Waals surface area contributed by atoms with E-state index in [2.05, 4.69) is 55.7 Å². The van der Waals surface area contributed by atoms with Gasteiger partial charge in [-0.05, 0) is 19.5 Å². The number of carbonyl (C=O) groups is 1. The molecule has 0 saturated heterocycles. The number of halogens is 1. The fraction of sp³-hybridized carbons (Fsp3) is 0.533. The Kier molecular flexibility index (Phi) is 7.72. The summed E-state index contributed by atoms with van der Waals surface area (Å²) in [7, 11) is 1.85. The highest BCUT2D eigenvalue weighted by Gasteiger charge is 2.20. The third-order valence-electron chi connectivity index (χ3n) is 3.16. The summed E-state index contributed by atoms with van der Waals surface area (Å²) in [4.78, 5) is 11.6. The van der Waals surface area contributed by atoms with E-state index in [1.54, 1.807) is 0 Å². The molecule has 0 bridgehead atoms. The highest BCUT2D eigenvalue weighted by atomic mass is 35.5. The molecule has 2 N–H and O–H groups in total. The number of amides is 1. The van der Waals surface area contributed by atoms with Crippen LogP contribution in [0, 0.1) is 6.92 Å². The molecule has 0 aromatic heterocycles. The summed E-state index contributed by atoms with van der Waals surface area (Å²) < 4.78 is 0. The number of benzene rings is 1. The van der Waals surface area contributed by atoms with E-state index < -0.39 is 0 Å². The van der Waals surface area contributed by atoms with Gasteiger partial charge in [0.2, 0.25) is 5.91 Å². The van der Waals surface area contributed by atoms with Gasteiger partial charge < -0.3 is 10.6 Å². The van der Waals surface area contributed by atoms with E-state index in [0.717, 1.165) is 6.54 Å². The Morgan fingerprint density at radius 2 is 1.79 bits per heavy atom. The van der Waals surface area contributed by atoms with Gasteiger partial charge in [-0.2, -0.15) is 0 Å². The summed E-state index contributed by atoms with van der Waals surface area (Å²) >= 11 is 0. The van der Waals surface area contributed by atoms with E-state index in [-0.39, 0.29) is 23.7 Å². The molecule has 1 amide bonds. The lowest BCUT2D eigenvalue weighted by molar-refractivity contribution is -0.121. The fourth-order valence-corrected chi connectivity index (χ4v) is 1.75. The average Bonchev–Trinajstić information content (AvgIpc) is 2.34. The Labute approximate surface area is 122 Å². The first-order valence-corrected chi connectivity index (χ1v) is 6.44. The number of rotatable bonds is 6. The molecule has 108 valence electrons. The molecule has 0 unspecified atom stereocenters. The largest absolute Gasteiger partial charge is 0.355 e. The van der Waals surface area contributed by atoms with Gasteiger partial charge in [-0.3, -0.25) is 4.79 Å². The monoisotopic (exact) mass is 284 g/mol. The molecular weight excluding hydrogens is 260 g/mol. The molecule has 0 spiro atoms. The molecule has 0 saturated carbocycles. The lowest BCUT2D eigenvalue weighted by Crippen LogP contribution is -2.37. The van der Waals surface area contributed by atoms with Crippen LogP contribution in [0.2, 0.25) is 0 Å². The molecule has 0 aliphatic carbocycles. The second kappa shape index (κ2) is 8.18. The molecule has 3 nitrogen and oxygen atoms in total. The minimum absolute atomic E-state index is 0. The van der Waals surface area contributed by atoms with Crippen LogP contribution in [-0.2, 0) is 10.2 Å². The third kappa shape index (κ3) is 6.08. The smallest absolute Gasteiger partial charge is 0.221 e. The van der Waals surface area contributed by atoms with Crippen molar-refractivity contribution in [1.82, 2.24) is 10.6 Å². The van der Waals surface area contributed by atoms with Gasteiger partial charge in [0.1, 0.15) is 0 Å². The van der Waals surface area contributed by atoms with E-state index in [0.29, 0.717) is 13.0 Å². The van der Waals surface area contributed by atoms with Crippen LogP contribution in [0.15, 0.2) is 24.3 Å². The maximum absolute atomic E-state index is 11.6. The molecule has 1 aromatic carbocycles. The third-order valence-corrected chi connectivity index (χ3v) is 3.16. The second-order valence-electron chi connectivity index (χ2n) is 5.38. The van der Waals surface area contributed by atoms with Crippen molar-refractivity contribution in [3.05, 3.63) is 35.4 Å². The summed E-state index contributed by atoms with van der Waals surface area (Å²) in [5.74, 6) is 0.101. The first kappa shape index (κ1) is 17.9. The van der Waals surface area contributed by atoms with Crippen molar-refractivity contribution in [3.8, 4) is 0 Å². The van der Waals surface area contributed by atoms with Gasteiger partial charge in [-0.15, -0.1) is 12.4 Å².